The van der Waals surface area contributed by atoms with Crippen LogP contribution in [0.15, 0.2) is 26.6 Å². The number of piperidine rings is 1. The molecule has 0 unspecified atom stereocenters. The highest BCUT2D eigenvalue weighted by molar-refractivity contribution is 5.78. The summed E-state index contributed by atoms with van der Waals surface area (Å²) in [6.07, 6.45) is 2.87. The third-order valence-corrected chi connectivity index (χ3v) is 4.67. The fourth-order valence-corrected chi connectivity index (χ4v) is 3.27. The summed E-state index contributed by atoms with van der Waals surface area (Å²) in [5.74, 6) is 0.361. The molecule has 3 rings (SSSR count). The first kappa shape index (κ1) is 17.8. The molecular weight excluding hydrogens is 338 g/mol. The summed E-state index contributed by atoms with van der Waals surface area (Å²) in [5.41, 5.74) is -0.247. The zero-order chi connectivity index (χ0) is 18.8. The smallest absolute Gasteiger partial charge is 0.328 e. The first-order valence-electron chi connectivity index (χ1n) is 8.48. The molecule has 138 valence electrons. The van der Waals surface area contributed by atoms with Crippen molar-refractivity contribution in [2.75, 3.05) is 13.1 Å². The second kappa shape index (κ2) is 7.11. The van der Waals surface area contributed by atoms with Crippen LogP contribution >= 0.6 is 0 Å². The van der Waals surface area contributed by atoms with Crippen LogP contribution in [0.25, 0.3) is 0 Å². The number of hydrogen-bond acceptors (Lipinski definition) is 5. The van der Waals surface area contributed by atoms with Crippen LogP contribution < -0.4 is 16.8 Å². The molecule has 1 aliphatic rings. The zero-order valence-electron chi connectivity index (χ0n) is 14.7. The van der Waals surface area contributed by atoms with Crippen molar-refractivity contribution in [1.82, 2.24) is 24.4 Å². The highest BCUT2D eigenvalue weighted by Crippen LogP contribution is 2.25. The standard InChI is InChI=1S/C17H21N5O4/c1-10-19-13(7-14(23)20-10)11-4-3-5-22(9-11)15(24)6-12-8-18-17(26)21(2)16(12)25/h7-8,11H,3-6,9H2,1-2H3,(H,18,26)(H,19,20,23)/t11-/m0/s1. The van der Waals surface area contributed by atoms with E-state index in [-0.39, 0.29) is 29.4 Å². The molecule has 3 heterocycles. The second-order valence-corrected chi connectivity index (χ2v) is 6.59. The van der Waals surface area contributed by atoms with E-state index >= 15 is 0 Å². The molecule has 0 aliphatic carbocycles. The van der Waals surface area contributed by atoms with Gasteiger partial charge in [0.15, 0.2) is 0 Å². The van der Waals surface area contributed by atoms with Gasteiger partial charge in [-0.15, -0.1) is 0 Å². The first-order chi connectivity index (χ1) is 12.3. The summed E-state index contributed by atoms with van der Waals surface area (Å²) >= 11 is 0. The van der Waals surface area contributed by atoms with Gasteiger partial charge < -0.3 is 14.9 Å². The molecule has 2 aromatic heterocycles. The monoisotopic (exact) mass is 359 g/mol. The van der Waals surface area contributed by atoms with Crippen molar-refractivity contribution in [3.05, 3.63) is 60.5 Å². The van der Waals surface area contributed by atoms with Gasteiger partial charge in [0.1, 0.15) is 5.82 Å². The van der Waals surface area contributed by atoms with Crippen molar-refractivity contribution in [3.8, 4) is 0 Å². The van der Waals surface area contributed by atoms with Crippen molar-refractivity contribution in [2.24, 2.45) is 7.05 Å². The first-order valence-corrected chi connectivity index (χ1v) is 8.48. The summed E-state index contributed by atoms with van der Waals surface area (Å²) in [7, 11) is 1.37. The number of carbonyl (C=O) groups is 1. The Morgan fingerprint density at radius 2 is 2.12 bits per heavy atom. The van der Waals surface area contributed by atoms with Gasteiger partial charge in [0.2, 0.25) is 5.91 Å². The molecule has 2 aromatic rings. The second-order valence-electron chi connectivity index (χ2n) is 6.59. The van der Waals surface area contributed by atoms with Crippen LogP contribution in [0.5, 0.6) is 0 Å². The molecule has 1 amide bonds. The minimum Gasteiger partial charge on any atom is -0.342 e. The number of aromatic amines is 2. The van der Waals surface area contributed by atoms with Crippen LogP contribution in [0, 0.1) is 6.92 Å². The molecule has 0 bridgehead atoms. The van der Waals surface area contributed by atoms with E-state index in [2.05, 4.69) is 15.0 Å². The third kappa shape index (κ3) is 3.66. The fourth-order valence-electron chi connectivity index (χ4n) is 3.27. The lowest BCUT2D eigenvalue weighted by Crippen LogP contribution is -2.42. The van der Waals surface area contributed by atoms with E-state index in [9.17, 15) is 19.2 Å². The van der Waals surface area contributed by atoms with E-state index in [1.807, 2.05) is 0 Å². The maximum Gasteiger partial charge on any atom is 0.328 e. The fraction of sp³-hybridized carbons (Fsp3) is 0.471. The number of aromatic nitrogens is 4. The number of aryl methyl sites for hydroxylation is 1. The maximum atomic E-state index is 12.6. The Bertz CT molecular complexity index is 1000. The molecule has 1 saturated heterocycles. The van der Waals surface area contributed by atoms with Crippen molar-refractivity contribution < 1.29 is 4.79 Å². The van der Waals surface area contributed by atoms with Crippen molar-refractivity contribution in [3.63, 3.8) is 0 Å². The highest BCUT2D eigenvalue weighted by Gasteiger charge is 2.26. The molecule has 0 aromatic carbocycles. The van der Waals surface area contributed by atoms with E-state index in [1.54, 1.807) is 11.8 Å². The van der Waals surface area contributed by atoms with Gasteiger partial charge in [-0.05, 0) is 19.8 Å². The Balaban J connectivity index is 1.76. The Labute approximate surface area is 148 Å². The van der Waals surface area contributed by atoms with E-state index in [1.165, 1.54) is 19.3 Å². The molecular formula is C17H21N5O4. The Kier molecular flexibility index (Phi) is 4.88. The Morgan fingerprint density at radius 1 is 1.35 bits per heavy atom. The average molecular weight is 359 g/mol. The largest absolute Gasteiger partial charge is 0.342 e. The van der Waals surface area contributed by atoms with Gasteiger partial charge in [-0.3, -0.25) is 19.0 Å². The van der Waals surface area contributed by atoms with E-state index < -0.39 is 11.2 Å². The van der Waals surface area contributed by atoms with Crippen LogP contribution in [-0.2, 0) is 18.3 Å². The van der Waals surface area contributed by atoms with Gasteiger partial charge in [0.05, 0.1) is 12.1 Å². The quantitative estimate of drug-likeness (QED) is 0.759. The lowest BCUT2D eigenvalue weighted by Gasteiger charge is -2.32. The average Bonchev–Trinajstić information content (AvgIpc) is 2.61. The minimum absolute atomic E-state index is 0.00730. The number of amides is 1. The molecule has 1 aliphatic heterocycles. The van der Waals surface area contributed by atoms with Gasteiger partial charge in [0, 0.05) is 43.9 Å². The van der Waals surface area contributed by atoms with E-state index in [0.717, 1.165) is 17.4 Å². The molecule has 9 heteroatoms. The summed E-state index contributed by atoms with van der Waals surface area (Å²) in [4.78, 5) is 58.9. The molecule has 1 atom stereocenters. The summed E-state index contributed by atoms with van der Waals surface area (Å²) < 4.78 is 0.949. The number of H-pyrrole nitrogens is 2. The molecule has 0 spiro atoms. The zero-order valence-corrected chi connectivity index (χ0v) is 14.7. The molecule has 9 nitrogen and oxygen atoms in total. The Hall–Kier alpha value is -2.97. The van der Waals surface area contributed by atoms with Crippen LogP contribution in [0.4, 0.5) is 0 Å². The minimum atomic E-state index is -0.514. The molecule has 26 heavy (non-hydrogen) atoms. The molecule has 0 radical (unpaired) electrons. The highest BCUT2D eigenvalue weighted by atomic mass is 16.2. The maximum absolute atomic E-state index is 12.6. The predicted molar refractivity (Wildman–Crippen MR) is 94.2 cm³/mol. The van der Waals surface area contributed by atoms with Crippen LogP contribution in [0.1, 0.15) is 35.8 Å². The molecule has 2 N–H and O–H groups in total. The number of carbonyl (C=O) groups excluding carboxylic acids is 1. The topological polar surface area (TPSA) is 121 Å². The van der Waals surface area contributed by atoms with Crippen molar-refractivity contribution in [2.45, 2.75) is 32.1 Å². The SMILES string of the molecule is Cc1nc([C@H]2CCCN(C(=O)Cc3c[nH]c(=O)n(C)c3=O)C2)cc(=O)[nH]1. The van der Waals surface area contributed by atoms with Crippen molar-refractivity contribution in [1.29, 1.82) is 0 Å². The summed E-state index contributed by atoms with van der Waals surface area (Å²) in [6.45, 7) is 2.78. The van der Waals surface area contributed by atoms with Gasteiger partial charge in [0.25, 0.3) is 11.1 Å². The predicted octanol–water partition coefficient (Wildman–Crippen LogP) is -0.586. The van der Waals surface area contributed by atoms with Crippen LogP contribution in [0.2, 0.25) is 0 Å². The normalized spacial score (nSPS) is 17.3. The number of nitrogens with zero attached hydrogens (tertiary/aromatic N) is 3. The molecule has 0 saturated carbocycles. The van der Waals surface area contributed by atoms with Gasteiger partial charge in [-0.2, -0.15) is 0 Å². The van der Waals surface area contributed by atoms with Crippen LogP contribution in [0.3, 0.4) is 0 Å². The molecule has 1 fully saturated rings. The summed E-state index contributed by atoms with van der Waals surface area (Å²) in [6, 6.07) is 1.48. The number of nitrogens with one attached hydrogen (secondary N) is 2. The van der Waals surface area contributed by atoms with Crippen LogP contribution in [-0.4, -0.2) is 43.4 Å². The van der Waals surface area contributed by atoms with Crippen molar-refractivity contribution >= 4 is 5.91 Å². The third-order valence-electron chi connectivity index (χ3n) is 4.67. The van der Waals surface area contributed by atoms with E-state index in [4.69, 9.17) is 0 Å². The Morgan fingerprint density at radius 3 is 2.85 bits per heavy atom. The van der Waals surface area contributed by atoms with E-state index in [0.29, 0.717) is 24.6 Å². The summed E-state index contributed by atoms with van der Waals surface area (Å²) in [5, 5.41) is 0. The lowest BCUT2D eigenvalue weighted by atomic mass is 9.94. The lowest BCUT2D eigenvalue weighted by molar-refractivity contribution is -0.131. The van der Waals surface area contributed by atoms with Gasteiger partial charge in [-0.25, -0.2) is 9.78 Å². The number of hydrogen-bond donors (Lipinski definition) is 2. The van der Waals surface area contributed by atoms with Gasteiger partial charge >= 0.3 is 5.69 Å². The van der Waals surface area contributed by atoms with Gasteiger partial charge in [-0.1, -0.05) is 0 Å². The number of rotatable bonds is 3. The number of likely N-dealkylation sites (tertiary alicyclic amines) is 1.